The number of rotatable bonds is 53. The summed E-state index contributed by atoms with van der Waals surface area (Å²) in [5.41, 5.74) is 5.29. The molecule has 0 spiro atoms. The van der Waals surface area contributed by atoms with Gasteiger partial charge in [-0.05, 0) is 0 Å². The molecular weight excluding hydrogens is 1010 g/mol. The van der Waals surface area contributed by atoms with Crippen LogP contribution >= 0.6 is 52.7 Å². The second-order valence-corrected chi connectivity index (χ2v) is 20.1. The smallest absolute Gasteiger partial charge is 0.268 e. The lowest BCUT2D eigenvalue weighted by Crippen LogP contribution is -2.29. The SMILES string of the molecule is CP(=O)([O-])OCCOCCOCCOCCOCCOCCOP(=O)([O-])OC(COCN)COP(=O)([O-])OCCOCCOCCOCCOCCOCCOP(=O)([O-])OCSSCO. The molecule has 0 fully saturated rings. The molecule has 0 rings (SSSR count). The number of ether oxygens (including phenoxy) is 11. The first kappa shape index (κ1) is 65.7. The fourth-order valence-corrected chi connectivity index (χ4v) is 7.77. The summed E-state index contributed by atoms with van der Waals surface area (Å²) in [5, 5.41) is 8.61. The Kier molecular flexibility index (Phi) is 45.0. The summed E-state index contributed by atoms with van der Waals surface area (Å²) in [7, 11) is -16.0. The first-order valence-corrected chi connectivity index (χ1v) is 28.6. The molecule has 0 aromatic heterocycles. The Labute approximate surface area is 387 Å². The largest absolute Gasteiger partial charge is 0.779 e. The van der Waals surface area contributed by atoms with Crippen LogP contribution in [-0.2, 0) is 102 Å². The molecule has 34 heteroatoms. The van der Waals surface area contributed by atoms with Gasteiger partial charge >= 0.3 is 0 Å². The van der Waals surface area contributed by atoms with Crippen molar-refractivity contribution in [1.82, 2.24) is 0 Å². The van der Waals surface area contributed by atoms with E-state index in [1.165, 1.54) is 0 Å². The van der Waals surface area contributed by atoms with Crippen LogP contribution in [-0.4, -0.2) is 208 Å². The van der Waals surface area contributed by atoms with Crippen LogP contribution in [0.3, 0.4) is 0 Å². The second-order valence-electron chi connectivity index (χ2n) is 11.7. The summed E-state index contributed by atoms with van der Waals surface area (Å²) < 4.78 is 138. The fraction of sp³-hybridized carbons (Fsp3) is 1.00. The summed E-state index contributed by atoms with van der Waals surface area (Å²) in [4.78, 5) is 46.8. The molecule has 0 bridgehead atoms. The van der Waals surface area contributed by atoms with E-state index in [-0.39, 0.29) is 131 Å². The van der Waals surface area contributed by atoms with Gasteiger partial charge in [-0.3, -0.25) is 13.7 Å². The third-order valence-electron chi connectivity index (χ3n) is 6.47. The van der Waals surface area contributed by atoms with Gasteiger partial charge in [0, 0.05) is 6.66 Å². The molecule has 5 unspecified atom stereocenters. The molecule has 392 valence electrons. The Bertz CT molecular complexity index is 1270. The molecule has 28 nitrogen and oxygen atoms in total. The standard InChI is InChI=1S/C31H69NO27P4S2/c1-60(34,35)53-22-18-48-14-10-44-6-2-42-5-9-47-13-17-51-21-25-56-63(40,41)59-31(26-52-28-32)27-57-61(36,37)54-23-19-49-15-11-45-7-3-43-4-8-46-12-16-50-20-24-55-62(38,39)58-30-65-64-29-33/h31,33H,2-30,32H2,1H3,(H,34,35)(H,36,37)(H,38,39)(H,40,41)/p-4. The van der Waals surface area contributed by atoms with Gasteiger partial charge in [0.25, 0.3) is 23.5 Å². The second kappa shape index (κ2) is 44.6. The van der Waals surface area contributed by atoms with Gasteiger partial charge < -0.3 is 119 Å². The van der Waals surface area contributed by atoms with Crippen LogP contribution in [0.15, 0.2) is 0 Å². The van der Waals surface area contributed by atoms with E-state index in [9.17, 15) is 37.8 Å². The maximum Gasteiger partial charge on any atom is 0.268 e. The molecule has 0 aromatic rings. The zero-order chi connectivity index (χ0) is 48.2. The highest BCUT2D eigenvalue weighted by Crippen LogP contribution is 2.43. The molecule has 65 heavy (non-hydrogen) atoms. The molecule has 0 radical (unpaired) electrons. The monoisotopic (exact) mass is 1070 g/mol. The van der Waals surface area contributed by atoms with Crippen LogP contribution < -0.4 is 25.3 Å². The van der Waals surface area contributed by atoms with Crippen molar-refractivity contribution in [3.05, 3.63) is 0 Å². The number of phosphoric acid groups is 3. The molecule has 0 aliphatic carbocycles. The predicted octanol–water partition coefficient (Wildman–Crippen LogP) is -1.55. The lowest BCUT2D eigenvalue weighted by Gasteiger charge is -2.30. The van der Waals surface area contributed by atoms with Crippen molar-refractivity contribution in [2.24, 2.45) is 5.73 Å². The van der Waals surface area contributed by atoms with Gasteiger partial charge in [0.05, 0.1) is 184 Å². The summed E-state index contributed by atoms with van der Waals surface area (Å²) >= 11 is 0. The summed E-state index contributed by atoms with van der Waals surface area (Å²) in [6.45, 7) is 2.25. The number of aliphatic hydroxyl groups excluding tert-OH is 1. The number of hydrogen-bond acceptors (Lipinski definition) is 30. The average molecular weight is 1070 g/mol. The summed E-state index contributed by atoms with van der Waals surface area (Å²) in [5.74, 6) is -0.352. The van der Waals surface area contributed by atoms with E-state index in [0.717, 1.165) is 28.3 Å². The molecule has 0 saturated carbocycles. The Balaban J connectivity index is 3.80. The van der Waals surface area contributed by atoms with E-state index in [1.807, 2.05) is 0 Å². The maximum atomic E-state index is 12.3. The van der Waals surface area contributed by atoms with Gasteiger partial charge in [-0.1, -0.05) is 21.6 Å². The topological polar surface area (TPSA) is 373 Å². The minimum Gasteiger partial charge on any atom is -0.779 e. The molecule has 0 aliphatic rings. The third-order valence-corrected chi connectivity index (χ3v) is 11.9. The number of nitrogens with two attached hydrogens (primary N) is 1. The van der Waals surface area contributed by atoms with Crippen LogP contribution in [0.5, 0.6) is 0 Å². The Morgan fingerprint density at radius 3 is 1.05 bits per heavy atom. The number of aliphatic hydroxyl groups is 1. The van der Waals surface area contributed by atoms with Gasteiger partial charge in [-0.25, -0.2) is 0 Å². The number of hydrogen-bond donors (Lipinski definition) is 2. The van der Waals surface area contributed by atoms with E-state index in [0.29, 0.717) is 33.0 Å². The highest BCUT2D eigenvalue weighted by atomic mass is 33.1. The molecule has 3 N–H and O–H groups in total. The van der Waals surface area contributed by atoms with Gasteiger partial charge in [-0.2, -0.15) is 0 Å². The molecule has 0 saturated heterocycles. The predicted molar refractivity (Wildman–Crippen MR) is 222 cm³/mol. The van der Waals surface area contributed by atoms with Crippen molar-refractivity contribution in [2.45, 2.75) is 6.10 Å². The van der Waals surface area contributed by atoms with E-state index in [1.54, 1.807) is 0 Å². The van der Waals surface area contributed by atoms with Crippen LogP contribution in [0.4, 0.5) is 0 Å². The highest BCUT2D eigenvalue weighted by Gasteiger charge is 2.22. The van der Waals surface area contributed by atoms with Crippen molar-refractivity contribution in [2.75, 3.05) is 197 Å². The maximum absolute atomic E-state index is 12.3. The van der Waals surface area contributed by atoms with Crippen LogP contribution in [0, 0.1) is 0 Å². The Hall–Kier alpha value is 0.660. The quantitative estimate of drug-likeness (QED) is 0.0301. The first-order valence-electron chi connectivity index (χ1n) is 19.8. The van der Waals surface area contributed by atoms with E-state index in [2.05, 4.69) is 13.6 Å². The van der Waals surface area contributed by atoms with Crippen LogP contribution in [0.1, 0.15) is 0 Å². The van der Waals surface area contributed by atoms with E-state index >= 15 is 0 Å². The van der Waals surface area contributed by atoms with Crippen molar-refractivity contribution in [1.29, 1.82) is 0 Å². The number of phosphoric ester groups is 3. The zero-order valence-corrected chi connectivity index (χ0v) is 41.5. The van der Waals surface area contributed by atoms with Crippen molar-refractivity contribution < 1.29 is 127 Å². The van der Waals surface area contributed by atoms with E-state index < -0.39 is 63.6 Å². The fourth-order valence-electron chi connectivity index (χ4n) is 3.78. The van der Waals surface area contributed by atoms with Gasteiger partial charge in [0.15, 0.2) is 0 Å². The average Bonchev–Trinajstić information content (AvgIpc) is 3.24. The zero-order valence-electron chi connectivity index (χ0n) is 36.3. The Morgan fingerprint density at radius 2 is 0.723 bits per heavy atom. The lowest BCUT2D eigenvalue weighted by molar-refractivity contribution is -0.240. The lowest BCUT2D eigenvalue weighted by atomic mass is 10.4. The highest BCUT2D eigenvalue weighted by molar-refractivity contribution is 8.76. The Morgan fingerprint density at radius 1 is 0.415 bits per heavy atom. The normalized spacial score (nSPS) is 16.2. The molecule has 0 aliphatic heterocycles. The molecule has 0 aromatic carbocycles. The minimum absolute atomic E-state index is 0.0162. The van der Waals surface area contributed by atoms with Crippen LogP contribution in [0.2, 0.25) is 0 Å². The summed E-state index contributed by atoms with van der Waals surface area (Å²) in [6.07, 6.45) is -1.45. The van der Waals surface area contributed by atoms with Gasteiger partial charge in [0.1, 0.15) is 19.6 Å². The third kappa shape index (κ3) is 50.8. The molecule has 0 amide bonds. The van der Waals surface area contributed by atoms with Gasteiger partial charge in [0.2, 0.25) is 0 Å². The molecule has 5 atom stereocenters. The van der Waals surface area contributed by atoms with Crippen molar-refractivity contribution in [3.8, 4) is 0 Å². The van der Waals surface area contributed by atoms with E-state index in [4.69, 9.17) is 81.0 Å². The van der Waals surface area contributed by atoms with Gasteiger partial charge in [-0.15, -0.1) is 0 Å². The minimum atomic E-state index is -4.96. The molecule has 0 heterocycles. The first-order chi connectivity index (χ1) is 31.1. The molecular formula is C31H65NO27P4S2-4. The van der Waals surface area contributed by atoms with Crippen LogP contribution in [0.25, 0.3) is 0 Å². The van der Waals surface area contributed by atoms with Crippen molar-refractivity contribution in [3.63, 3.8) is 0 Å². The summed E-state index contributed by atoms with van der Waals surface area (Å²) in [6, 6.07) is 0. The van der Waals surface area contributed by atoms with Crippen molar-refractivity contribution >= 4 is 52.7 Å².